The van der Waals surface area contributed by atoms with E-state index in [1.54, 1.807) is 0 Å². The van der Waals surface area contributed by atoms with Crippen LogP contribution in [-0.2, 0) is 10.2 Å². The van der Waals surface area contributed by atoms with Crippen molar-refractivity contribution < 1.29 is 9.53 Å². The number of carbonyl (C=O) groups is 1. The largest absolute Gasteiger partial charge is 0.482 e. The molecule has 0 unspecified atom stereocenters. The quantitative estimate of drug-likeness (QED) is 0.859. The third kappa shape index (κ3) is 3.12. The Morgan fingerprint density at radius 2 is 2.05 bits per heavy atom. The zero-order chi connectivity index (χ0) is 14.8. The number of anilines is 1. The molecular formula is C16H24N2O2. The van der Waals surface area contributed by atoms with Crippen LogP contribution >= 0.6 is 0 Å². The van der Waals surface area contributed by atoms with E-state index in [-0.39, 0.29) is 17.9 Å². The summed E-state index contributed by atoms with van der Waals surface area (Å²) in [5.41, 5.74) is 7.68. The van der Waals surface area contributed by atoms with E-state index < -0.39 is 0 Å². The second kappa shape index (κ2) is 5.83. The lowest BCUT2D eigenvalue weighted by Crippen LogP contribution is -2.39. The molecule has 4 nitrogen and oxygen atoms in total. The molecule has 0 aliphatic carbocycles. The van der Waals surface area contributed by atoms with Gasteiger partial charge in [0.1, 0.15) is 5.75 Å². The van der Waals surface area contributed by atoms with E-state index >= 15 is 0 Å². The molecule has 2 N–H and O–H groups in total. The number of fused-ring (bicyclic) bond motifs is 1. The maximum Gasteiger partial charge on any atom is 0.265 e. The molecule has 0 fully saturated rings. The summed E-state index contributed by atoms with van der Waals surface area (Å²) in [6, 6.07) is 6.12. The van der Waals surface area contributed by atoms with E-state index in [2.05, 4.69) is 32.9 Å². The van der Waals surface area contributed by atoms with Crippen molar-refractivity contribution in [3.05, 3.63) is 23.8 Å². The predicted octanol–water partition coefficient (Wildman–Crippen LogP) is 2.45. The van der Waals surface area contributed by atoms with Crippen LogP contribution in [0.2, 0.25) is 0 Å². The standard InChI is InChI=1S/C16H24N2O2/c1-16(2,3)12-6-7-14-13(10-12)18(9-5-4-8-17)15(19)11-20-14/h6-7,10H,4-5,8-9,11,17H2,1-3H3. The Labute approximate surface area is 120 Å². The van der Waals surface area contributed by atoms with E-state index in [0.717, 1.165) is 24.3 Å². The number of nitrogens with zero attached hydrogens (tertiary/aromatic N) is 1. The smallest absolute Gasteiger partial charge is 0.265 e. The van der Waals surface area contributed by atoms with Gasteiger partial charge in [-0.2, -0.15) is 0 Å². The summed E-state index contributed by atoms with van der Waals surface area (Å²) < 4.78 is 5.52. The molecule has 1 aliphatic rings. The van der Waals surface area contributed by atoms with Gasteiger partial charge in [0.25, 0.3) is 5.91 Å². The van der Waals surface area contributed by atoms with Crippen molar-refractivity contribution in [3.8, 4) is 5.75 Å². The van der Waals surface area contributed by atoms with Crippen molar-refractivity contribution >= 4 is 11.6 Å². The molecule has 0 bridgehead atoms. The molecule has 1 aliphatic heterocycles. The van der Waals surface area contributed by atoms with E-state index in [4.69, 9.17) is 10.5 Å². The highest BCUT2D eigenvalue weighted by Gasteiger charge is 2.26. The van der Waals surface area contributed by atoms with Crippen LogP contribution in [0.5, 0.6) is 5.75 Å². The summed E-state index contributed by atoms with van der Waals surface area (Å²) in [6.07, 6.45) is 1.85. The van der Waals surface area contributed by atoms with Gasteiger partial charge in [-0.05, 0) is 42.5 Å². The van der Waals surface area contributed by atoms with E-state index in [9.17, 15) is 4.79 Å². The molecule has 0 aromatic heterocycles. The van der Waals surface area contributed by atoms with Gasteiger partial charge in [-0.1, -0.05) is 26.8 Å². The fraction of sp³-hybridized carbons (Fsp3) is 0.562. The first-order valence-corrected chi connectivity index (χ1v) is 7.21. The van der Waals surface area contributed by atoms with Gasteiger partial charge in [-0.25, -0.2) is 0 Å². The third-order valence-electron chi connectivity index (χ3n) is 3.60. The fourth-order valence-corrected chi connectivity index (χ4v) is 2.33. The summed E-state index contributed by atoms with van der Waals surface area (Å²) in [5, 5.41) is 0. The minimum atomic E-state index is 0.0283. The second-order valence-corrected chi connectivity index (χ2v) is 6.26. The van der Waals surface area contributed by atoms with Gasteiger partial charge >= 0.3 is 0 Å². The zero-order valence-corrected chi connectivity index (χ0v) is 12.6. The Balaban J connectivity index is 2.30. The summed E-state index contributed by atoms with van der Waals surface area (Å²) >= 11 is 0. The van der Waals surface area contributed by atoms with E-state index in [1.165, 1.54) is 5.56 Å². The summed E-state index contributed by atoms with van der Waals surface area (Å²) in [5.74, 6) is 0.825. The Morgan fingerprint density at radius 3 is 2.70 bits per heavy atom. The first-order valence-electron chi connectivity index (χ1n) is 7.21. The number of benzene rings is 1. The third-order valence-corrected chi connectivity index (χ3v) is 3.60. The molecule has 20 heavy (non-hydrogen) atoms. The molecule has 110 valence electrons. The highest BCUT2D eigenvalue weighted by atomic mass is 16.5. The summed E-state index contributed by atoms with van der Waals surface area (Å²) in [7, 11) is 0. The minimum Gasteiger partial charge on any atom is -0.482 e. The molecule has 1 aromatic carbocycles. The number of amides is 1. The Hall–Kier alpha value is -1.55. The normalized spacial score (nSPS) is 15.0. The Bertz CT molecular complexity index is 492. The van der Waals surface area contributed by atoms with Crippen molar-refractivity contribution in [2.24, 2.45) is 5.73 Å². The molecule has 0 saturated heterocycles. The first kappa shape index (κ1) is 14.9. The van der Waals surface area contributed by atoms with Gasteiger partial charge in [-0.15, -0.1) is 0 Å². The number of nitrogens with two attached hydrogens (primary N) is 1. The average molecular weight is 276 g/mol. The summed E-state index contributed by atoms with van der Waals surface area (Å²) in [6.45, 7) is 7.99. The molecule has 4 heteroatoms. The van der Waals surface area contributed by atoms with Crippen LogP contribution in [0.25, 0.3) is 0 Å². The van der Waals surface area contributed by atoms with Gasteiger partial charge in [0, 0.05) is 6.54 Å². The van der Waals surface area contributed by atoms with Gasteiger partial charge < -0.3 is 15.4 Å². The number of carbonyl (C=O) groups excluding carboxylic acids is 1. The highest BCUT2D eigenvalue weighted by Crippen LogP contribution is 2.36. The number of hydrogen-bond acceptors (Lipinski definition) is 3. The van der Waals surface area contributed by atoms with Crippen LogP contribution in [0.1, 0.15) is 39.2 Å². The van der Waals surface area contributed by atoms with Crippen molar-refractivity contribution in [1.29, 1.82) is 0 Å². The maximum atomic E-state index is 12.1. The van der Waals surface area contributed by atoms with Gasteiger partial charge in [0.2, 0.25) is 0 Å². The molecule has 0 spiro atoms. The van der Waals surface area contributed by atoms with Crippen LogP contribution in [0, 0.1) is 0 Å². The molecule has 2 rings (SSSR count). The fourth-order valence-electron chi connectivity index (χ4n) is 2.33. The van der Waals surface area contributed by atoms with Gasteiger partial charge in [0.15, 0.2) is 6.61 Å². The lowest BCUT2D eigenvalue weighted by atomic mass is 9.86. The molecular weight excluding hydrogens is 252 g/mol. The lowest BCUT2D eigenvalue weighted by Gasteiger charge is -2.31. The molecule has 0 atom stereocenters. The number of unbranched alkanes of at least 4 members (excludes halogenated alkanes) is 1. The van der Waals surface area contributed by atoms with E-state index in [1.807, 2.05) is 11.0 Å². The molecule has 0 radical (unpaired) electrons. The average Bonchev–Trinajstić information content (AvgIpc) is 2.40. The molecule has 1 amide bonds. The van der Waals surface area contributed by atoms with E-state index in [0.29, 0.717) is 13.1 Å². The van der Waals surface area contributed by atoms with Crippen LogP contribution < -0.4 is 15.4 Å². The Kier molecular flexibility index (Phi) is 4.33. The molecule has 0 saturated carbocycles. The number of ether oxygens (including phenoxy) is 1. The topological polar surface area (TPSA) is 55.6 Å². The number of rotatable bonds is 4. The van der Waals surface area contributed by atoms with Crippen molar-refractivity contribution in [3.63, 3.8) is 0 Å². The second-order valence-electron chi connectivity index (χ2n) is 6.26. The SMILES string of the molecule is CC(C)(C)c1ccc2c(c1)N(CCCCN)C(=O)CO2. The zero-order valence-electron chi connectivity index (χ0n) is 12.6. The highest BCUT2D eigenvalue weighted by molar-refractivity contribution is 5.97. The van der Waals surface area contributed by atoms with Crippen molar-refractivity contribution in [2.75, 3.05) is 24.6 Å². The molecule has 1 aromatic rings. The lowest BCUT2D eigenvalue weighted by molar-refractivity contribution is -0.121. The monoisotopic (exact) mass is 276 g/mol. The number of hydrogen-bond donors (Lipinski definition) is 1. The van der Waals surface area contributed by atoms with Crippen LogP contribution in [0.4, 0.5) is 5.69 Å². The van der Waals surface area contributed by atoms with Crippen molar-refractivity contribution in [1.82, 2.24) is 0 Å². The summed E-state index contributed by atoms with van der Waals surface area (Å²) in [4.78, 5) is 13.9. The minimum absolute atomic E-state index is 0.0283. The van der Waals surface area contributed by atoms with Gasteiger partial charge in [-0.3, -0.25) is 4.79 Å². The maximum absolute atomic E-state index is 12.1. The van der Waals surface area contributed by atoms with Crippen LogP contribution in [0.15, 0.2) is 18.2 Å². The van der Waals surface area contributed by atoms with Crippen molar-refractivity contribution in [2.45, 2.75) is 39.0 Å². The van der Waals surface area contributed by atoms with Crippen LogP contribution in [0.3, 0.4) is 0 Å². The Morgan fingerprint density at radius 1 is 1.30 bits per heavy atom. The first-order chi connectivity index (χ1) is 9.43. The molecule has 1 heterocycles. The van der Waals surface area contributed by atoms with Gasteiger partial charge in [0.05, 0.1) is 5.69 Å². The predicted molar refractivity (Wildman–Crippen MR) is 81.3 cm³/mol. The van der Waals surface area contributed by atoms with Crippen LogP contribution in [-0.4, -0.2) is 25.6 Å².